The summed E-state index contributed by atoms with van der Waals surface area (Å²) in [7, 11) is 1.33. The van der Waals surface area contributed by atoms with Gasteiger partial charge < -0.3 is 4.74 Å². The van der Waals surface area contributed by atoms with Gasteiger partial charge in [0.1, 0.15) is 5.03 Å². The smallest absolute Gasteiger partial charge is 0.359 e. The Morgan fingerprint density at radius 3 is 2.67 bits per heavy atom. The summed E-state index contributed by atoms with van der Waals surface area (Å²) in [5.74, 6) is 0.228. The summed E-state index contributed by atoms with van der Waals surface area (Å²) in [6.45, 7) is 0. The molecule has 0 aliphatic heterocycles. The number of nitrogens with zero attached hydrogens (tertiary/aromatic N) is 3. The van der Waals surface area contributed by atoms with Crippen LogP contribution in [-0.2, 0) is 10.5 Å². The van der Waals surface area contributed by atoms with E-state index >= 15 is 0 Å². The number of carbonyl (C=O) groups excluding carboxylic acids is 1. The maximum Gasteiger partial charge on any atom is 0.359 e. The minimum atomic E-state index is -0.472. The average molecular weight is 261 g/mol. The molecule has 0 spiro atoms. The normalized spacial score (nSPS) is 10.1. The third kappa shape index (κ3) is 3.04. The molecule has 5 nitrogen and oxygen atoms in total. The Hall–Kier alpha value is -1.95. The van der Waals surface area contributed by atoms with Crippen molar-refractivity contribution >= 4 is 17.7 Å². The second-order valence-electron chi connectivity index (χ2n) is 3.35. The topological polar surface area (TPSA) is 65.0 Å². The molecule has 18 heavy (non-hydrogen) atoms. The molecule has 0 amide bonds. The maximum absolute atomic E-state index is 11.5. The SMILES string of the molecule is COC(=O)c1nccnc1SCc1ccncc1. The van der Waals surface area contributed by atoms with E-state index in [1.54, 1.807) is 18.6 Å². The molecule has 0 radical (unpaired) electrons. The molecule has 0 N–H and O–H groups in total. The largest absolute Gasteiger partial charge is 0.464 e. The predicted molar refractivity (Wildman–Crippen MR) is 67.2 cm³/mol. The zero-order chi connectivity index (χ0) is 12.8. The van der Waals surface area contributed by atoms with Gasteiger partial charge in [-0.05, 0) is 17.7 Å². The summed E-state index contributed by atoms with van der Waals surface area (Å²) in [6, 6.07) is 3.84. The van der Waals surface area contributed by atoms with Crippen LogP contribution in [0.4, 0.5) is 0 Å². The monoisotopic (exact) mass is 261 g/mol. The van der Waals surface area contributed by atoms with Crippen LogP contribution in [0, 0.1) is 0 Å². The molecule has 92 valence electrons. The number of pyridine rings is 1. The summed E-state index contributed by atoms with van der Waals surface area (Å²) < 4.78 is 4.66. The number of esters is 1. The number of ether oxygens (including phenoxy) is 1. The zero-order valence-electron chi connectivity index (χ0n) is 9.74. The number of carbonyl (C=O) groups is 1. The van der Waals surface area contributed by atoms with Gasteiger partial charge in [0, 0.05) is 30.5 Å². The molecule has 0 bridgehead atoms. The fraction of sp³-hybridized carbons (Fsp3) is 0.167. The van der Waals surface area contributed by atoms with Crippen molar-refractivity contribution in [2.24, 2.45) is 0 Å². The Morgan fingerprint density at radius 1 is 1.22 bits per heavy atom. The standard InChI is InChI=1S/C12H11N3O2S/c1-17-12(16)10-11(15-7-6-14-10)18-8-9-2-4-13-5-3-9/h2-7H,8H2,1H3. The van der Waals surface area contributed by atoms with Gasteiger partial charge in [0.15, 0.2) is 5.69 Å². The van der Waals surface area contributed by atoms with E-state index in [0.717, 1.165) is 5.56 Å². The zero-order valence-corrected chi connectivity index (χ0v) is 10.6. The van der Waals surface area contributed by atoms with Crippen molar-refractivity contribution in [2.75, 3.05) is 7.11 Å². The highest BCUT2D eigenvalue weighted by atomic mass is 32.2. The van der Waals surface area contributed by atoms with Crippen molar-refractivity contribution in [3.05, 3.63) is 48.2 Å². The molecule has 2 rings (SSSR count). The van der Waals surface area contributed by atoms with Crippen LogP contribution in [0.25, 0.3) is 0 Å². The highest BCUT2D eigenvalue weighted by Gasteiger charge is 2.14. The van der Waals surface area contributed by atoms with Gasteiger partial charge in [0.05, 0.1) is 7.11 Å². The Bertz CT molecular complexity index is 534. The van der Waals surface area contributed by atoms with Crippen molar-refractivity contribution < 1.29 is 9.53 Å². The number of aromatic nitrogens is 3. The van der Waals surface area contributed by atoms with Crippen molar-refractivity contribution in [2.45, 2.75) is 10.8 Å². The maximum atomic E-state index is 11.5. The summed E-state index contributed by atoms with van der Waals surface area (Å²) in [6.07, 6.45) is 6.49. The average Bonchev–Trinajstić information content (AvgIpc) is 2.45. The minimum absolute atomic E-state index is 0.249. The second kappa shape index (κ2) is 6.11. The first-order valence-corrected chi connectivity index (χ1v) is 6.21. The van der Waals surface area contributed by atoms with Crippen molar-refractivity contribution in [3.63, 3.8) is 0 Å². The van der Waals surface area contributed by atoms with Crippen LogP contribution in [0.3, 0.4) is 0 Å². The molecule has 2 aromatic rings. The Labute approximate surface area is 109 Å². The van der Waals surface area contributed by atoms with Crippen LogP contribution in [0.15, 0.2) is 41.9 Å². The second-order valence-corrected chi connectivity index (χ2v) is 4.31. The quantitative estimate of drug-likeness (QED) is 0.619. The molecule has 0 fully saturated rings. The summed E-state index contributed by atoms with van der Waals surface area (Å²) in [5, 5.41) is 0.571. The van der Waals surface area contributed by atoms with E-state index in [-0.39, 0.29) is 5.69 Å². The fourth-order valence-electron chi connectivity index (χ4n) is 1.30. The first-order valence-electron chi connectivity index (χ1n) is 5.22. The molecule has 0 aromatic carbocycles. The molecule has 2 aromatic heterocycles. The lowest BCUT2D eigenvalue weighted by Gasteiger charge is -2.05. The molecule has 0 saturated heterocycles. The van der Waals surface area contributed by atoms with Crippen LogP contribution in [-0.4, -0.2) is 28.0 Å². The number of thioether (sulfide) groups is 1. The van der Waals surface area contributed by atoms with Crippen molar-refractivity contribution in [1.82, 2.24) is 15.0 Å². The number of rotatable bonds is 4. The number of methoxy groups -OCH3 is 1. The van der Waals surface area contributed by atoms with Gasteiger partial charge in [-0.25, -0.2) is 14.8 Å². The van der Waals surface area contributed by atoms with E-state index in [2.05, 4.69) is 19.7 Å². The van der Waals surface area contributed by atoms with Crippen LogP contribution < -0.4 is 0 Å². The lowest BCUT2D eigenvalue weighted by Crippen LogP contribution is -2.07. The molecule has 0 atom stereocenters. The summed E-state index contributed by atoms with van der Waals surface area (Å²) in [5.41, 5.74) is 1.36. The molecule has 0 saturated carbocycles. The van der Waals surface area contributed by atoms with Crippen LogP contribution in [0.2, 0.25) is 0 Å². The van der Waals surface area contributed by atoms with Gasteiger partial charge in [-0.2, -0.15) is 0 Å². The lowest BCUT2D eigenvalue weighted by molar-refractivity contribution is 0.0588. The van der Waals surface area contributed by atoms with Crippen LogP contribution in [0.1, 0.15) is 16.1 Å². The van der Waals surface area contributed by atoms with Gasteiger partial charge in [0.25, 0.3) is 0 Å². The van der Waals surface area contributed by atoms with E-state index in [1.165, 1.54) is 25.1 Å². The van der Waals surface area contributed by atoms with Crippen LogP contribution >= 0.6 is 11.8 Å². The van der Waals surface area contributed by atoms with Crippen LogP contribution in [0.5, 0.6) is 0 Å². The highest BCUT2D eigenvalue weighted by molar-refractivity contribution is 7.98. The molecule has 6 heteroatoms. The first-order chi connectivity index (χ1) is 8.81. The van der Waals surface area contributed by atoms with Gasteiger partial charge in [-0.15, -0.1) is 0 Å². The molecule has 0 aliphatic carbocycles. The molecule has 2 heterocycles. The summed E-state index contributed by atoms with van der Waals surface area (Å²) >= 11 is 1.44. The van der Waals surface area contributed by atoms with Gasteiger partial charge in [-0.1, -0.05) is 11.8 Å². The van der Waals surface area contributed by atoms with E-state index < -0.39 is 5.97 Å². The molecule has 0 aliphatic rings. The lowest BCUT2D eigenvalue weighted by atomic mass is 10.3. The Kier molecular flexibility index (Phi) is 4.25. The van der Waals surface area contributed by atoms with Gasteiger partial charge >= 0.3 is 5.97 Å². The Balaban J connectivity index is 2.12. The van der Waals surface area contributed by atoms with Gasteiger partial charge in [-0.3, -0.25) is 4.98 Å². The molecular weight excluding hydrogens is 250 g/mol. The predicted octanol–water partition coefficient (Wildman–Crippen LogP) is 1.95. The first kappa shape index (κ1) is 12.5. The van der Waals surface area contributed by atoms with E-state index in [4.69, 9.17) is 0 Å². The van der Waals surface area contributed by atoms with E-state index in [1.807, 2.05) is 12.1 Å². The molecular formula is C12H11N3O2S. The van der Waals surface area contributed by atoms with E-state index in [0.29, 0.717) is 10.8 Å². The fourth-order valence-corrected chi connectivity index (χ4v) is 2.20. The number of hydrogen-bond acceptors (Lipinski definition) is 6. The van der Waals surface area contributed by atoms with Crippen molar-refractivity contribution in [1.29, 1.82) is 0 Å². The minimum Gasteiger partial charge on any atom is -0.464 e. The molecule has 0 unspecified atom stereocenters. The Morgan fingerprint density at radius 2 is 1.94 bits per heavy atom. The third-order valence-corrected chi connectivity index (χ3v) is 3.22. The van der Waals surface area contributed by atoms with Gasteiger partial charge in [0.2, 0.25) is 0 Å². The van der Waals surface area contributed by atoms with E-state index in [9.17, 15) is 4.79 Å². The summed E-state index contributed by atoms with van der Waals surface area (Å²) in [4.78, 5) is 23.6. The highest BCUT2D eigenvalue weighted by Crippen LogP contribution is 2.22. The third-order valence-electron chi connectivity index (χ3n) is 2.17. The number of hydrogen-bond donors (Lipinski definition) is 0. The van der Waals surface area contributed by atoms with Crippen molar-refractivity contribution in [3.8, 4) is 0 Å².